The predicted molar refractivity (Wildman–Crippen MR) is 103 cm³/mol. The lowest BCUT2D eigenvalue weighted by atomic mass is 10.2. The first-order valence-corrected chi connectivity index (χ1v) is 9.77. The van der Waals surface area contributed by atoms with Crippen LogP contribution in [0.25, 0.3) is 0 Å². The molecule has 2 rings (SSSR count). The maximum Gasteiger partial charge on any atom is 0.245 e. The van der Waals surface area contributed by atoms with Crippen LogP contribution in [0.4, 0.5) is 11.4 Å². The van der Waals surface area contributed by atoms with Crippen molar-refractivity contribution in [3.05, 3.63) is 42.5 Å². The second-order valence-electron chi connectivity index (χ2n) is 5.56. The highest BCUT2D eigenvalue weighted by atomic mass is 32.2. The Bertz CT molecular complexity index is 914. The zero-order chi connectivity index (χ0) is 20.0. The summed E-state index contributed by atoms with van der Waals surface area (Å²) in [5, 5.41) is 2.66. The van der Waals surface area contributed by atoms with Crippen molar-refractivity contribution in [2.75, 3.05) is 43.8 Å². The monoisotopic (exact) mass is 394 g/mol. The smallest absolute Gasteiger partial charge is 0.245 e. The third-order valence-corrected chi connectivity index (χ3v) is 4.85. The lowest BCUT2D eigenvalue weighted by molar-refractivity contribution is -0.114. The first kappa shape index (κ1) is 20.4. The van der Waals surface area contributed by atoms with Gasteiger partial charge in [0.25, 0.3) is 0 Å². The first-order chi connectivity index (χ1) is 12.8. The Labute approximate surface area is 158 Å². The fourth-order valence-corrected chi connectivity index (χ4v) is 3.30. The molecule has 1 N–H and O–H groups in total. The summed E-state index contributed by atoms with van der Waals surface area (Å²) in [5.74, 6) is 0.717. The molecule has 8 nitrogen and oxygen atoms in total. The summed E-state index contributed by atoms with van der Waals surface area (Å²) in [6.45, 7) is -0.431. The maximum atomic E-state index is 12.5. The summed E-state index contributed by atoms with van der Waals surface area (Å²) in [6.07, 6.45) is 1.02. The molecule has 0 aromatic heterocycles. The molecule has 2 aromatic rings. The molecule has 1 amide bonds. The SMILES string of the molecule is COc1ccc(N(CC(=O)Nc2ccccc2OC)S(C)(=O)=O)c(OC)c1. The molecule has 0 aliphatic rings. The van der Waals surface area contributed by atoms with Crippen LogP contribution in [0.5, 0.6) is 17.2 Å². The average Bonchev–Trinajstić information content (AvgIpc) is 2.65. The standard InChI is InChI=1S/C18H22N2O6S/c1-24-13-9-10-15(17(11-13)26-3)20(27(4,22)23)12-18(21)19-14-7-5-6-8-16(14)25-2/h5-11H,12H2,1-4H3,(H,19,21). The van der Waals surface area contributed by atoms with Crippen LogP contribution in [-0.2, 0) is 14.8 Å². The molecule has 0 heterocycles. The third-order valence-electron chi connectivity index (χ3n) is 3.72. The van der Waals surface area contributed by atoms with Gasteiger partial charge in [0.15, 0.2) is 0 Å². The molecule has 146 valence electrons. The molecule has 9 heteroatoms. The Morgan fingerprint density at radius 3 is 2.26 bits per heavy atom. The Hall–Kier alpha value is -2.94. The van der Waals surface area contributed by atoms with Crippen LogP contribution in [0, 0.1) is 0 Å². The van der Waals surface area contributed by atoms with Gasteiger partial charge in [-0.05, 0) is 24.3 Å². The minimum absolute atomic E-state index is 0.232. The summed E-state index contributed by atoms with van der Waals surface area (Å²) in [6, 6.07) is 11.5. The molecule has 0 atom stereocenters. The molecule has 0 radical (unpaired) electrons. The van der Waals surface area contributed by atoms with E-state index in [0.29, 0.717) is 17.2 Å². The molecule has 0 spiro atoms. The van der Waals surface area contributed by atoms with Gasteiger partial charge >= 0.3 is 0 Å². The normalized spacial score (nSPS) is 10.8. The van der Waals surface area contributed by atoms with E-state index < -0.39 is 22.5 Å². The van der Waals surface area contributed by atoms with E-state index in [1.807, 2.05) is 0 Å². The number of ether oxygens (including phenoxy) is 3. The highest BCUT2D eigenvalue weighted by Crippen LogP contribution is 2.33. The van der Waals surface area contributed by atoms with Gasteiger partial charge in [0, 0.05) is 6.07 Å². The lowest BCUT2D eigenvalue weighted by Gasteiger charge is -2.24. The summed E-state index contributed by atoms with van der Waals surface area (Å²) in [5.41, 5.74) is 0.677. The largest absolute Gasteiger partial charge is 0.497 e. The average molecular weight is 394 g/mol. The van der Waals surface area contributed by atoms with Gasteiger partial charge in [-0.2, -0.15) is 0 Å². The molecule has 0 bridgehead atoms. The van der Waals surface area contributed by atoms with Crippen molar-refractivity contribution in [3.8, 4) is 17.2 Å². The summed E-state index contributed by atoms with van der Waals surface area (Å²) in [7, 11) is 0.629. The number of sulfonamides is 1. The van der Waals surface area contributed by atoms with Gasteiger partial charge in [-0.15, -0.1) is 0 Å². The molecule has 0 aliphatic carbocycles. The van der Waals surface area contributed by atoms with E-state index in [9.17, 15) is 13.2 Å². The molecule has 0 fully saturated rings. The number of rotatable bonds is 8. The third kappa shape index (κ3) is 5.04. The van der Waals surface area contributed by atoms with E-state index in [0.717, 1.165) is 10.6 Å². The van der Waals surface area contributed by atoms with Crippen LogP contribution in [-0.4, -0.2) is 48.5 Å². The number of carbonyl (C=O) groups excluding carboxylic acids is 1. The maximum absolute atomic E-state index is 12.5. The van der Waals surface area contributed by atoms with Crippen molar-refractivity contribution in [1.29, 1.82) is 0 Å². The van der Waals surface area contributed by atoms with Gasteiger partial charge in [-0.25, -0.2) is 8.42 Å². The van der Waals surface area contributed by atoms with Gasteiger partial charge < -0.3 is 19.5 Å². The number of amides is 1. The lowest BCUT2D eigenvalue weighted by Crippen LogP contribution is -2.37. The first-order valence-electron chi connectivity index (χ1n) is 7.92. The highest BCUT2D eigenvalue weighted by Gasteiger charge is 2.24. The Kier molecular flexibility index (Phi) is 6.51. The molecule has 0 saturated carbocycles. The van der Waals surface area contributed by atoms with Crippen LogP contribution in [0.2, 0.25) is 0 Å². The molecule has 2 aromatic carbocycles. The summed E-state index contributed by atoms with van der Waals surface area (Å²) in [4.78, 5) is 12.5. The number of methoxy groups -OCH3 is 3. The molecule has 0 saturated heterocycles. The summed E-state index contributed by atoms with van der Waals surface area (Å²) >= 11 is 0. The van der Waals surface area contributed by atoms with Crippen LogP contribution in [0.1, 0.15) is 0 Å². The highest BCUT2D eigenvalue weighted by molar-refractivity contribution is 7.92. The Morgan fingerprint density at radius 1 is 1.00 bits per heavy atom. The van der Waals surface area contributed by atoms with Gasteiger partial charge in [0.05, 0.1) is 39.0 Å². The zero-order valence-electron chi connectivity index (χ0n) is 15.6. The topological polar surface area (TPSA) is 94.2 Å². The van der Waals surface area contributed by atoms with Crippen molar-refractivity contribution in [3.63, 3.8) is 0 Å². The van der Waals surface area contributed by atoms with Gasteiger partial charge in [-0.1, -0.05) is 12.1 Å². The van der Waals surface area contributed by atoms with E-state index in [-0.39, 0.29) is 11.4 Å². The minimum Gasteiger partial charge on any atom is -0.497 e. The van der Waals surface area contributed by atoms with Gasteiger partial charge in [0.2, 0.25) is 15.9 Å². The van der Waals surface area contributed by atoms with Crippen molar-refractivity contribution in [2.45, 2.75) is 0 Å². The summed E-state index contributed by atoms with van der Waals surface area (Å²) < 4.78 is 41.1. The fourth-order valence-electron chi connectivity index (χ4n) is 2.44. The zero-order valence-corrected chi connectivity index (χ0v) is 16.4. The predicted octanol–water partition coefficient (Wildman–Crippen LogP) is 2.12. The number of para-hydroxylation sites is 2. The van der Waals surface area contributed by atoms with Gasteiger partial charge in [0.1, 0.15) is 23.8 Å². The quantitative estimate of drug-likeness (QED) is 0.737. The van der Waals surface area contributed by atoms with Crippen LogP contribution in [0.15, 0.2) is 42.5 Å². The molecule has 0 unspecified atom stereocenters. The second kappa shape index (κ2) is 8.63. The number of nitrogens with zero attached hydrogens (tertiary/aromatic N) is 1. The number of hydrogen-bond acceptors (Lipinski definition) is 6. The molecule has 27 heavy (non-hydrogen) atoms. The number of hydrogen-bond donors (Lipinski definition) is 1. The number of anilines is 2. The van der Waals surface area contributed by atoms with E-state index in [2.05, 4.69) is 5.32 Å². The van der Waals surface area contributed by atoms with Crippen molar-refractivity contribution in [1.82, 2.24) is 0 Å². The number of benzene rings is 2. The minimum atomic E-state index is -3.75. The molecular formula is C18H22N2O6S. The van der Waals surface area contributed by atoms with Crippen LogP contribution >= 0.6 is 0 Å². The number of carbonyl (C=O) groups is 1. The van der Waals surface area contributed by atoms with E-state index in [1.165, 1.54) is 27.4 Å². The number of nitrogens with one attached hydrogen (secondary N) is 1. The van der Waals surface area contributed by atoms with Crippen molar-refractivity contribution < 1.29 is 27.4 Å². The van der Waals surface area contributed by atoms with E-state index in [4.69, 9.17) is 14.2 Å². The molecule has 0 aliphatic heterocycles. The van der Waals surface area contributed by atoms with E-state index >= 15 is 0 Å². The van der Waals surface area contributed by atoms with E-state index in [1.54, 1.807) is 36.4 Å². The Balaban J connectivity index is 2.32. The van der Waals surface area contributed by atoms with Gasteiger partial charge in [-0.3, -0.25) is 9.10 Å². The van der Waals surface area contributed by atoms with Crippen LogP contribution < -0.4 is 23.8 Å². The Morgan fingerprint density at radius 2 is 1.67 bits per heavy atom. The van der Waals surface area contributed by atoms with Crippen molar-refractivity contribution >= 4 is 27.3 Å². The van der Waals surface area contributed by atoms with Crippen molar-refractivity contribution in [2.24, 2.45) is 0 Å². The van der Waals surface area contributed by atoms with Crippen LogP contribution in [0.3, 0.4) is 0 Å². The molecular weight excluding hydrogens is 372 g/mol. The second-order valence-corrected chi connectivity index (χ2v) is 7.46. The fraction of sp³-hybridized carbons (Fsp3) is 0.278.